The number of benzene rings is 1. The van der Waals surface area contributed by atoms with E-state index in [4.69, 9.17) is 0 Å². The number of rotatable bonds is 4. The lowest BCUT2D eigenvalue weighted by Crippen LogP contribution is -2.17. The fourth-order valence-corrected chi connectivity index (χ4v) is 2.15. The molecule has 0 aliphatic rings. The Morgan fingerprint density at radius 2 is 1.82 bits per heavy atom. The SMILES string of the molecule is C[Si](C)(C)C#CCC(O)CCc1ccccc1. The highest BCUT2D eigenvalue weighted by Gasteiger charge is 2.08. The van der Waals surface area contributed by atoms with E-state index >= 15 is 0 Å². The van der Waals surface area contributed by atoms with Crippen molar-refractivity contribution in [2.45, 2.75) is 45.0 Å². The topological polar surface area (TPSA) is 20.2 Å². The van der Waals surface area contributed by atoms with Gasteiger partial charge in [-0.25, -0.2) is 0 Å². The van der Waals surface area contributed by atoms with E-state index in [2.05, 4.69) is 43.2 Å². The first-order chi connectivity index (χ1) is 7.97. The Balaban J connectivity index is 2.30. The van der Waals surface area contributed by atoms with Gasteiger partial charge in [0.2, 0.25) is 0 Å². The Morgan fingerprint density at radius 1 is 1.18 bits per heavy atom. The molecule has 1 nitrogen and oxygen atoms in total. The lowest BCUT2D eigenvalue weighted by molar-refractivity contribution is 0.170. The summed E-state index contributed by atoms with van der Waals surface area (Å²) in [7, 11) is -1.28. The number of aliphatic hydroxyl groups is 1. The maximum Gasteiger partial charge on any atom is 0.129 e. The Kier molecular flexibility index (Phi) is 5.47. The van der Waals surface area contributed by atoms with E-state index in [1.165, 1.54) is 5.56 Å². The molecular weight excluding hydrogens is 224 g/mol. The number of hydrogen-bond acceptors (Lipinski definition) is 1. The Labute approximate surface area is 106 Å². The minimum absolute atomic E-state index is 0.293. The third-order valence-electron chi connectivity index (χ3n) is 2.41. The molecule has 0 heterocycles. The van der Waals surface area contributed by atoms with Gasteiger partial charge in [0.25, 0.3) is 0 Å². The van der Waals surface area contributed by atoms with Crippen LogP contribution in [0.1, 0.15) is 18.4 Å². The molecule has 2 heteroatoms. The molecule has 0 fully saturated rings. The van der Waals surface area contributed by atoms with Crippen LogP contribution in [-0.2, 0) is 6.42 Å². The molecule has 17 heavy (non-hydrogen) atoms. The van der Waals surface area contributed by atoms with Crippen molar-refractivity contribution >= 4 is 8.07 Å². The molecule has 0 spiro atoms. The molecule has 1 atom stereocenters. The molecule has 0 saturated carbocycles. The Morgan fingerprint density at radius 3 is 2.41 bits per heavy atom. The van der Waals surface area contributed by atoms with E-state index in [0.29, 0.717) is 6.42 Å². The maximum atomic E-state index is 9.82. The zero-order chi connectivity index (χ0) is 12.7. The minimum Gasteiger partial charge on any atom is -0.392 e. The smallest absolute Gasteiger partial charge is 0.129 e. The molecule has 1 N–H and O–H groups in total. The molecule has 1 aromatic carbocycles. The monoisotopic (exact) mass is 246 g/mol. The summed E-state index contributed by atoms with van der Waals surface area (Å²) in [5.74, 6) is 3.12. The maximum absolute atomic E-state index is 9.82. The molecule has 0 radical (unpaired) electrons. The van der Waals surface area contributed by atoms with Crippen LogP contribution >= 0.6 is 0 Å². The van der Waals surface area contributed by atoms with E-state index in [0.717, 1.165) is 12.8 Å². The predicted molar refractivity (Wildman–Crippen MR) is 76.5 cm³/mol. The van der Waals surface area contributed by atoms with Crippen LogP contribution in [0.25, 0.3) is 0 Å². The second kappa shape index (κ2) is 6.63. The van der Waals surface area contributed by atoms with Crippen molar-refractivity contribution in [3.05, 3.63) is 35.9 Å². The summed E-state index contributed by atoms with van der Waals surface area (Å²) in [4.78, 5) is 0. The Bertz CT molecular complexity index is 381. The first-order valence-corrected chi connectivity index (χ1v) is 9.69. The van der Waals surface area contributed by atoms with Gasteiger partial charge in [-0.1, -0.05) is 50.0 Å². The molecule has 0 aliphatic heterocycles. The van der Waals surface area contributed by atoms with Crippen LogP contribution in [0.2, 0.25) is 19.6 Å². The zero-order valence-corrected chi connectivity index (χ0v) is 12.0. The van der Waals surface area contributed by atoms with E-state index in [1.807, 2.05) is 18.2 Å². The van der Waals surface area contributed by atoms with Crippen molar-refractivity contribution < 1.29 is 5.11 Å². The predicted octanol–water partition coefficient (Wildman–Crippen LogP) is 3.25. The van der Waals surface area contributed by atoms with Crippen LogP contribution in [0.15, 0.2) is 30.3 Å². The largest absolute Gasteiger partial charge is 0.392 e. The van der Waals surface area contributed by atoms with Gasteiger partial charge in [0.05, 0.1) is 6.10 Å². The molecule has 92 valence electrons. The van der Waals surface area contributed by atoms with Crippen LogP contribution in [0.3, 0.4) is 0 Å². The quantitative estimate of drug-likeness (QED) is 0.639. The van der Waals surface area contributed by atoms with E-state index in [9.17, 15) is 5.11 Å². The molecule has 0 amide bonds. The summed E-state index contributed by atoms with van der Waals surface area (Å²) in [6.07, 6.45) is 2.04. The molecule has 1 rings (SSSR count). The van der Waals surface area contributed by atoms with E-state index < -0.39 is 8.07 Å². The van der Waals surface area contributed by atoms with Crippen LogP contribution < -0.4 is 0 Å². The molecule has 1 unspecified atom stereocenters. The van der Waals surface area contributed by atoms with Gasteiger partial charge < -0.3 is 5.11 Å². The van der Waals surface area contributed by atoms with Crippen LogP contribution in [0, 0.1) is 11.5 Å². The molecule has 0 aliphatic carbocycles. The van der Waals surface area contributed by atoms with E-state index in [1.54, 1.807) is 0 Å². The lowest BCUT2D eigenvalue weighted by Gasteiger charge is -2.08. The molecule has 1 aromatic rings. The zero-order valence-electron chi connectivity index (χ0n) is 11.0. The number of hydrogen-bond donors (Lipinski definition) is 1. The average molecular weight is 246 g/mol. The molecule has 0 aromatic heterocycles. The summed E-state index contributed by atoms with van der Waals surface area (Å²) in [5, 5.41) is 9.82. The van der Waals surface area contributed by atoms with Crippen molar-refractivity contribution in [1.82, 2.24) is 0 Å². The second-order valence-electron chi connectivity index (χ2n) is 5.43. The fraction of sp³-hybridized carbons (Fsp3) is 0.467. The van der Waals surface area contributed by atoms with Gasteiger partial charge in [0.1, 0.15) is 8.07 Å². The third-order valence-corrected chi connectivity index (χ3v) is 3.34. The van der Waals surface area contributed by atoms with Gasteiger partial charge in [-0.15, -0.1) is 11.5 Å². The summed E-state index contributed by atoms with van der Waals surface area (Å²) in [6, 6.07) is 10.3. The highest BCUT2D eigenvalue weighted by atomic mass is 28.3. The second-order valence-corrected chi connectivity index (χ2v) is 10.2. The minimum atomic E-state index is -1.28. The lowest BCUT2D eigenvalue weighted by atomic mass is 10.1. The van der Waals surface area contributed by atoms with Gasteiger partial charge in [-0.2, -0.15) is 0 Å². The van der Waals surface area contributed by atoms with Crippen molar-refractivity contribution in [3.8, 4) is 11.5 Å². The van der Waals surface area contributed by atoms with Crippen LogP contribution in [0.5, 0.6) is 0 Å². The molecular formula is C15H22OSi. The third kappa shape index (κ3) is 6.99. The number of aryl methyl sites for hydroxylation is 1. The molecule has 0 saturated heterocycles. The van der Waals surface area contributed by atoms with Crippen molar-refractivity contribution in [1.29, 1.82) is 0 Å². The van der Waals surface area contributed by atoms with Gasteiger partial charge in [0.15, 0.2) is 0 Å². The highest BCUT2D eigenvalue weighted by molar-refractivity contribution is 6.83. The number of aliphatic hydroxyl groups excluding tert-OH is 1. The van der Waals surface area contributed by atoms with Crippen LogP contribution in [-0.4, -0.2) is 19.3 Å². The van der Waals surface area contributed by atoms with Crippen molar-refractivity contribution in [2.75, 3.05) is 0 Å². The summed E-state index contributed by atoms with van der Waals surface area (Å²) < 4.78 is 0. The average Bonchev–Trinajstić information content (AvgIpc) is 2.26. The van der Waals surface area contributed by atoms with Gasteiger partial charge in [0, 0.05) is 6.42 Å². The summed E-state index contributed by atoms with van der Waals surface area (Å²) in [5.41, 5.74) is 4.56. The van der Waals surface area contributed by atoms with Crippen molar-refractivity contribution in [3.63, 3.8) is 0 Å². The first-order valence-electron chi connectivity index (χ1n) is 6.19. The fourth-order valence-electron chi connectivity index (χ4n) is 1.51. The van der Waals surface area contributed by atoms with Crippen LogP contribution in [0.4, 0.5) is 0 Å². The summed E-state index contributed by atoms with van der Waals surface area (Å²) >= 11 is 0. The molecule has 0 bridgehead atoms. The van der Waals surface area contributed by atoms with Crippen molar-refractivity contribution in [2.24, 2.45) is 0 Å². The van der Waals surface area contributed by atoms with Gasteiger partial charge in [-0.3, -0.25) is 0 Å². The summed E-state index contributed by atoms with van der Waals surface area (Å²) in [6.45, 7) is 6.66. The highest BCUT2D eigenvalue weighted by Crippen LogP contribution is 2.07. The van der Waals surface area contributed by atoms with E-state index in [-0.39, 0.29) is 6.10 Å². The standard InChI is InChI=1S/C15H22OSi/c1-17(2,3)13-7-10-15(16)12-11-14-8-5-4-6-9-14/h4-6,8-9,15-16H,10-12H2,1-3H3. The Hall–Kier alpha value is -1.04. The first kappa shape index (κ1) is 14.0. The van der Waals surface area contributed by atoms with Gasteiger partial charge >= 0.3 is 0 Å². The normalized spacial score (nSPS) is 12.7. The van der Waals surface area contributed by atoms with Gasteiger partial charge in [-0.05, 0) is 18.4 Å².